The van der Waals surface area contributed by atoms with Crippen LogP contribution in [0.15, 0.2) is 0 Å². The van der Waals surface area contributed by atoms with E-state index in [1.807, 2.05) is 13.3 Å². The van der Waals surface area contributed by atoms with Gasteiger partial charge in [-0.15, -0.1) is 0 Å². The molecule has 0 N–H and O–H groups in total. The molecule has 9 heavy (non-hydrogen) atoms. The second-order valence-electron chi connectivity index (χ2n) is 2.95. The molecule has 0 radical (unpaired) electrons. The first-order valence-electron chi connectivity index (χ1n) is 3.41. The number of nitrogens with zero attached hydrogens (tertiary/aromatic N) is 1. The molecule has 1 rings (SSSR count). The third kappa shape index (κ3) is 1.80. The van der Waals surface area contributed by atoms with Crippen LogP contribution in [0, 0.1) is 0 Å². The van der Waals surface area contributed by atoms with Gasteiger partial charge in [-0.2, -0.15) is 0 Å². The minimum absolute atomic E-state index is 1.05. The van der Waals surface area contributed by atoms with Crippen molar-refractivity contribution in [1.29, 1.82) is 0 Å². The second kappa shape index (κ2) is 2.43. The van der Waals surface area contributed by atoms with E-state index in [2.05, 4.69) is 4.67 Å². The Kier molecular flexibility index (Phi) is 1.97. The molecule has 1 heterocycles. The molecule has 0 saturated carbocycles. The lowest BCUT2D eigenvalue weighted by Gasteiger charge is -2.19. The van der Waals surface area contributed by atoms with E-state index in [-0.39, 0.29) is 0 Å². The summed E-state index contributed by atoms with van der Waals surface area (Å²) in [5.74, 6) is 0. The molecule has 0 atom stereocenters. The maximum atomic E-state index is 11.3. The first-order chi connectivity index (χ1) is 4.11. The van der Waals surface area contributed by atoms with Crippen LogP contribution in [-0.4, -0.2) is 31.1 Å². The Morgan fingerprint density at radius 2 is 1.67 bits per heavy atom. The largest absolute Gasteiger partial charge is 0.307 e. The zero-order chi connectivity index (χ0) is 6.91. The van der Waals surface area contributed by atoms with E-state index in [4.69, 9.17) is 0 Å². The molecule has 0 aromatic heterocycles. The van der Waals surface area contributed by atoms with E-state index in [0.29, 0.717) is 0 Å². The van der Waals surface area contributed by atoms with Gasteiger partial charge in [0.25, 0.3) is 0 Å². The lowest BCUT2D eigenvalue weighted by Crippen LogP contribution is -2.13. The summed E-state index contributed by atoms with van der Waals surface area (Å²) in [6, 6.07) is 0. The summed E-state index contributed by atoms with van der Waals surface area (Å²) in [4.78, 5) is 0. The minimum Gasteiger partial charge on any atom is -0.307 e. The van der Waals surface area contributed by atoms with Crippen LogP contribution in [0.5, 0.6) is 0 Å². The van der Waals surface area contributed by atoms with Gasteiger partial charge in [0.1, 0.15) is 7.29 Å². The van der Waals surface area contributed by atoms with Crippen molar-refractivity contribution in [1.82, 2.24) is 4.67 Å². The molecule has 0 aromatic rings. The lowest BCUT2D eigenvalue weighted by molar-refractivity contribution is 0.485. The van der Waals surface area contributed by atoms with Crippen LogP contribution < -0.4 is 0 Å². The zero-order valence-electron chi connectivity index (χ0n) is 6.13. The SMILES string of the molecule is CP(C)(=O)N1CCCC1. The molecule has 1 fully saturated rings. The van der Waals surface area contributed by atoms with E-state index in [9.17, 15) is 4.57 Å². The minimum atomic E-state index is -1.88. The smallest absolute Gasteiger partial charge is 0.144 e. The summed E-state index contributed by atoms with van der Waals surface area (Å²) in [6.07, 6.45) is 2.46. The molecule has 54 valence electrons. The fourth-order valence-electron chi connectivity index (χ4n) is 1.18. The topological polar surface area (TPSA) is 20.3 Å². The lowest BCUT2D eigenvalue weighted by atomic mass is 10.4. The average molecular weight is 147 g/mol. The Hall–Kier alpha value is 0.190. The Balaban J connectivity index is 2.52. The summed E-state index contributed by atoms with van der Waals surface area (Å²) >= 11 is 0. The predicted molar refractivity (Wildman–Crippen MR) is 40.3 cm³/mol. The Morgan fingerprint density at radius 3 is 1.89 bits per heavy atom. The van der Waals surface area contributed by atoms with Gasteiger partial charge in [-0.25, -0.2) is 0 Å². The average Bonchev–Trinajstić information content (AvgIpc) is 2.08. The van der Waals surface area contributed by atoms with Crippen LogP contribution in [0.4, 0.5) is 0 Å². The molecular formula is C6H14NOP. The number of hydrogen-bond donors (Lipinski definition) is 0. The molecule has 1 saturated heterocycles. The predicted octanol–water partition coefficient (Wildman–Crippen LogP) is 1.62. The maximum absolute atomic E-state index is 11.3. The second-order valence-corrected chi connectivity index (χ2v) is 6.11. The molecule has 0 amide bonds. The zero-order valence-corrected chi connectivity index (χ0v) is 7.03. The van der Waals surface area contributed by atoms with Gasteiger partial charge < -0.3 is 4.57 Å². The third-order valence-corrected chi connectivity index (χ3v) is 3.53. The third-order valence-electron chi connectivity index (χ3n) is 1.76. The van der Waals surface area contributed by atoms with E-state index in [1.54, 1.807) is 0 Å². The van der Waals surface area contributed by atoms with Crippen LogP contribution in [0.2, 0.25) is 0 Å². The van der Waals surface area contributed by atoms with Crippen LogP contribution in [0.1, 0.15) is 12.8 Å². The highest BCUT2D eigenvalue weighted by Crippen LogP contribution is 2.43. The number of hydrogen-bond acceptors (Lipinski definition) is 1. The van der Waals surface area contributed by atoms with Gasteiger partial charge in [0, 0.05) is 26.4 Å². The van der Waals surface area contributed by atoms with Gasteiger partial charge in [0.2, 0.25) is 0 Å². The van der Waals surface area contributed by atoms with Crippen molar-refractivity contribution in [2.45, 2.75) is 12.8 Å². The van der Waals surface area contributed by atoms with Crippen LogP contribution >= 0.6 is 7.29 Å². The summed E-state index contributed by atoms with van der Waals surface area (Å²) in [6.45, 7) is 5.78. The summed E-state index contributed by atoms with van der Waals surface area (Å²) < 4.78 is 13.4. The maximum Gasteiger partial charge on any atom is 0.144 e. The van der Waals surface area contributed by atoms with Crippen LogP contribution in [0.3, 0.4) is 0 Å². The van der Waals surface area contributed by atoms with Crippen molar-refractivity contribution in [3.8, 4) is 0 Å². The fourth-order valence-corrected chi connectivity index (χ4v) is 2.43. The van der Waals surface area contributed by atoms with E-state index in [0.717, 1.165) is 13.1 Å². The Morgan fingerprint density at radius 1 is 1.22 bits per heavy atom. The van der Waals surface area contributed by atoms with Crippen molar-refractivity contribution in [3.05, 3.63) is 0 Å². The molecule has 0 unspecified atom stereocenters. The van der Waals surface area contributed by atoms with Gasteiger partial charge in [-0.05, 0) is 12.8 Å². The van der Waals surface area contributed by atoms with Gasteiger partial charge >= 0.3 is 0 Å². The van der Waals surface area contributed by atoms with E-state index in [1.165, 1.54) is 12.8 Å². The van der Waals surface area contributed by atoms with Crippen molar-refractivity contribution in [2.75, 3.05) is 26.4 Å². The van der Waals surface area contributed by atoms with E-state index >= 15 is 0 Å². The molecule has 0 aliphatic carbocycles. The molecule has 0 spiro atoms. The highest BCUT2D eigenvalue weighted by atomic mass is 31.2. The summed E-state index contributed by atoms with van der Waals surface area (Å²) in [5, 5.41) is 0. The molecule has 3 heteroatoms. The molecule has 1 aliphatic rings. The Bertz CT molecular complexity index is 134. The summed E-state index contributed by atoms with van der Waals surface area (Å²) in [5.41, 5.74) is 0. The highest BCUT2D eigenvalue weighted by molar-refractivity contribution is 7.59. The quantitative estimate of drug-likeness (QED) is 0.525. The summed E-state index contributed by atoms with van der Waals surface area (Å²) in [7, 11) is -1.88. The van der Waals surface area contributed by atoms with Crippen LogP contribution in [-0.2, 0) is 4.57 Å². The molecule has 0 aromatic carbocycles. The van der Waals surface area contributed by atoms with Gasteiger partial charge in [-0.3, -0.25) is 4.67 Å². The van der Waals surface area contributed by atoms with E-state index < -0.39 is 7.29 Å². The monoisotopic (exact) mass is 147 g/mol. The van der Waals surface area contributed by atoms with Crippen molar-refractivity contribution >= 4 is 7.29 Å². The van der Waals surface area contributed by atoms with Crippen molar-refractivity contribution < 1.29 is 4.57 Å². The molecule has 1 aliphatic heterocycles. The standard InChI is InChI=1S/C6H14NOP/c1-9(2,8)7-5-3-4-6-7/h3-6H2,1-2H3. The van der Waals surface area contributed by atoms with Crippen molar-refractivity contribution in [2.24, 2.45) is 0 Å². The van der Waals surface area contributed by atoms with Gasteiger partial charge in [0.15, 0.2) is 0 Å². The first-order valence-corrected chi connectivity index (χ1v) is 5.96. The highest BCUT2D eigenvalue weighted by Gasteiger charge is 2.21. The van der Waals surface area contributed by atoms with Gasteiger partial charge in [0.05, 0.1) is 0 Å². The first kappa shape index (κ1) is 7.30. The van der Waals surface area contributed by atoms with Crippen molar-refractivity contribution in [3.63, 3.8) is 0 Å². The molecule has 2 nitrogen and oxygen atoms in total. The normalized spacial score (nSPS) is 22.9. The van der Waals surface area contributed by atoms with Crippen LogP contribution in [0.25, 0.3) is 0 Å². The number of rotatable bonds is 1. The molecule has 0 bridgehead atoms. The fraction of sp³-hybridized carbons (Fsp3) is 1.00. The Labute approximate surface area is 56.7 Å². The van der Waals surface area contributed by atoms with Gasteiger partial charge in [-0.1, -0.05) is 0 Å². The molecular weight excluding hydrogens is 133 g/mol.